The van der Waals surface area contributed by atoms with Crippen LogP contribution in [0, 0.1) is 5.41 Å². The quantitative estimate of drug-likeness (QED) is 0.445. The van der Waals surface area contributed by atoms with E-state index in [9.17, 15) is 26.7 Å². The third-order valence-corrected chi connectivity index (χ3v) is 2.71. The maximum atomic E-state index is 12.5. The Kier molecular flexibility index (Phi) is 6.18. The van der Waals surface area contributed by atoms with Crippen LogP contribution in [0.4, 0.5) is 22.0 Å². The Morgan fingerprint density at radius 1 is 1.16 bits per heavy atom. The molecule has 0 amide bonds. The average molecular weight is 291 g/mol. The first kappa shape index (κ1) is 18.1. The topological polar surface area (TPSA) is 38.3 Å². The van der Waals surface area contributed by atoms with E-state index in [-0.39, 0.29) is 13.2 Å². The highest BCUT2D eigenvalue weighted by Crippen LogP contribution is 2.34. The van der Waals surface area contributed by atoms with Gasteiger partial charge in [-0.25, -0.2) is 0 Å². The molecule has 0 atom stereocenters. The van der Waals surface area contributed by atoms with Crippen molar-refractivity contribution in [2.45, 2.75) is 39.3 Å². The zero-order valence-corrected chi connectivity index (χ0v) is 11.0. The third kappa shape index (κ3) is 5.71. The molecule has 8 heteroatoms. The summed E-state index contributed by atoms with van der Waals surface area (Å²) >= 11 is 0. The molecule has 0 radical (unpaired) electrons. The van der Waals surface area contributed by atoms with Crippen LogP contribution < -0.4 is 5.32 Å². The first-order valence-electron chi connectivity index (χ1n) is 5.76. The molecule has 0 unspecified atom stereocenters. The molecule has 19 heavy (non-hydrogen) atoms. The molecule has 1 N–H and O–H groups in total. The monoisotopic (exact) mass is 291 g/mol. The SMILES string of the molecule is CCC(C)(C)C(=O)OCCNCC(F)(F)C(F)(F)F. The van der Waals surface area contributed by atoms with Gasteiger partial charge in [-0.3, -0.25) is 4.79 Å². The van der Waals surface area contributed by atoms with Gasteiger partial charge >= 0.3 is 18.1 Å². The highest BCUT2D eigenvalue weighted by Gasteiger charge is 2.56. The van der Waals surface area contributed by atoms with Gasteiger partial charge in [-0.1, -0.05) is 6.92 Å². The van der Waals surface area contributed by atoms with E-state index < -0.39 is 30.0 Å². The van der Waals surface area contributed by atoms with E-state index in [1.807, 2.05) is 5.32 Å². The molecule has 0 saturated heterocycles. The number of alkyl halides is 5. The molecule has 0 heterocycles. The highest BCUT2D eigenvalue weighted by molar-refractivity contribution is 5.75. The van der Waals surface area contributed by atoms with Crippen LogP contribution in [-0.4, -0.2) is 37.8 Å². The fourth-order valence-electron chi connectivity index (χ4n) is 0.901. The van der Waals surface area contributed by atoms with Crippen LogP contribution in [0.15, 0.2) is 0 Å². The normalized spacial score (nSPS) is 13.5. The van der Waals surface area contributed by atoms with Gasteiger partial charge in [0.1, 0.15) is 6.61 Å². The second kappa shape index (κ2) is 6.49. The zero-order chi connectivity index (χ0) is 15.3. The summed E-state index contributed by atoms with van der Waals surface area (Å²) in [6, 6.07) is 0. The number of ether oxygens (including phenoxy) is 1. The Balaban J connectivity index is 3.93. The molecule has 3 nitrogen and oxygen atoms in total. The summed E-state index contributed by atoms with van der Waals surface area (Å²) in [6.07, 6.45) is -5.05. The van der Waals surface area contributed by atoms with Crippen molar-refractivity contribution >= 4 is 5.97 Å². The van der Waals surface area contributed by atoms with Crippen LogP contribution in [-0.2, 0) is 9.53 Å². The molecular formula is C11H18F5NO2. The van der Waals surface area contributed by atoms with Gasteiger partial charge in [0.25, 0.3) is 0 Å². The van der Waals surface area contributed by atoms with E-state index in [1.165, 1.54) is 0 Å². The predicted molar refractivity (Wildman–Crippen MR) is 58.9 cm³/mol. The molecular weight excluding hydrogens is 273 g/mol. The van der Waals surface area contributed by atoms with Gasteiger partial charge in [-0.15, -0.1) is 0 Å². The molecule has 0 saturated carbocycles. The molecule has 0 aliphatic rings. The average Bonchev–Trinajstić information content (AvgIpc) is 2.26. The first-order chi connectivity index (χ1) is 8.44. The van der Waals surface area contributed by atoms with Gasteiger partial charge in [0.05, 0.1) is 12.0 Å². The number of carbonyl (C=O) groups is 1. The number of carbonyl (C=O) groups excluding carboxylic acids is 1. The fraction of sp³-hybridized carbons (Fsp3) is 0.909. The van der Waals surface area contributed by atoms with Gasteiger partial charge in [0, 0.05) is 6.54 Å². The molecule has 0 rings (SSSR count). The third-order valence-electron chi connectivity index (χ3n) is 2.71. The number of nitrogens with one attached hydrogen (secondary N) is 1. The summed E-state index contributed by atoms with van der Waals surface area (Å²) in [5, 5.41) is 1.91. The standard InChI is InChI=1S/C11H18F5NO2/c1-4-9(2,3)8(18)19-6-5-17-7-10(12,13)11(14,15)16/h17H,4-7H2,1-3H3. The number of rotatable bonds is 7. The Bertz CT molecular complexity index is 302. The highest BCUT2D eigenvalue weighted by atomic mass is 19.4. The number of esters is 1. The molecule has 0 aromatic rings. The summed E-state index contributed by atoms with van der Waals surface area (Å²) in [5.41, 5.74) is -0.699. The molecule has 0 fully saturated rings. The number of hydrogen-bond donors (Lipinski definition) is 1. The lowest BCUT2D eigenvalue weighted by molar-refractivity contribution is -0.279. The predicted octanol–water partition coefficient (Wildman–Crippen LogP) is 2.75. The number of hydrogen-bond acceptors (Lipinski definition) is 3. The van der Waals surface area contributed by atoms with E-state index >= 15 is 0 Å². The molecule has 0 bridgehead atoms. The van der Waals surface area contributed by atoms with Crippen molar-refractivity contribution in [1.29, 1.82) is 0 Å². The minimum absolute atomic E-state index is 0.254. The maximum absolute atomic E-state index is 12.5. The first-order valence-corrected chi connectivity index (χ1v) is 5.76. The van der Waals surface area contributed by atoms with E-state index in [1.54, 1.807) is 20.8 Å². The van der Waals surface area contributed by atoms with E-state index in [4.69, 9.17) is 4.74 Å². The van der Waals surface area contributed by atoms with Crippen LogP contribution in [0.3, 0.4) is 0 Å². The van der Waals surface area contributed by atoms with Crippen LogP contribution in [0.1, 0.15) is 27.2 Å². The van der Waals surface area contributed by atoms with Crippen molar-refractivity contribution in [2.24, 2.45) is 5.41 Å². The summed E-state index contributed by atoms with van der Waals surface area (Å²) in [4.78, 5) is 11.4. The molecule has 0 aliphatic heterocycles. The summed E-state index contributed by atoms with van der Waals surface area (Å²) in [5.74, 6) is -5.31. The van der Waals surface area contributed by atoms with Crippen molar-refractivity contribution < 1.29 is 31.5 Å². The van der Waals surface area contributed by atoms with Gasteiger partial charge in [0.15, 0.2) is 0 Å². The number of halogens is 5. The van der Waals surface area contributed by atoms with Gasteiger partial charge in [-0.05, 0) is 20.3 Å². The smallest absolute Gasteiger partial charge is 0.454 e. The van der Waals surface area contributed by atoms with Crippen molar-refractivity contribution in [3.05, 3.63) is 0 Å². The Morgan fingerprint density at radius 3 is 2.11 bits per heavy atom. The lowest BCUT2D eigenvalue weighted by Gasteiger charge is -2.21. The lowest BCUT2D eigenvalue weighted by Crippen LogP contribution is -2.46. The largest absolute Gasteiger partial charge is 0.464 e. The lowest BCUT2D eigenvalue weighted by atomic mass is 9.91. The van der Waals surface area contributed by atoms with Crippen molar-refractivity contribution in [2.75, 3.05) is 19.7 Å². The summed E-state index contributed by atoms with van der Waals surface area (Å²) < 4.78 is 65.1. The zero-order valence-electron chi connectivity index (χ0n) is 11.0. The Morgan fingerprint density at radius 2 is 1.68 bits per heavy atom. The van der Waals surface area contributed by atoms with Gasteiger partial charge < -0.3 is 10.1 Å². The van der Waals surface area contributed by atoms with Crippen molar-refractivity contribution in [3.63, 3.8) is 0 Å². The Hall–Kier alpha value is -0.920. The minimum Gasteiger partial charge on any atom is -0.464 e. The molecule has 0 aliphatic carbocycles. The molecule has 0 aromatic heterocycles. The minimum atomic E-state index is -5.58. The molecule has 0 aromatic carbocycles. The van der Waals surface area contributed by atoms with E-state index in [0.717, 1.165) is 0 Å². The van der Waals surface area contributed by atoms with Crippen molar-refractivity contribution in [3.8, 4) is 0 Å². The fourth-order valence-corrected chi connectivity index (χ4v) is 0.901. The van der Waals surface area contributed by atoms with Gasteiger partial charge in [0.2, 0.25) is 0 Å². The second-order valence-electron chi connectivity index (χ2n) is 4.75. The molecule has 114 valence electrons. The van der Waals surface area contributed by atoms with Crippen molar-refractivity contribution in [1.82, 2.24) is 5.32 Å². The summed E-state index contributed by atoms with van der Waals surface area (Å²) in [7, 11) is 0. The molecule has 0 spiro atoms. The van der Waals surface area contributed by atoms with E-state index in [2.05, 4.69) is 0 Å². The second-order valence-corrected chi connectivity index (χ2v) is 4.75. The van der Waals surface area contributed by atoms with Crippen LogP contribution in [0.2, 0.25) is 0 Å². The van der Waals surface area contributed by atoms with E-state index in [0.29, 0.717) is 6.42 Å². The van der Waals surface area contributed by atoms with Crippen LogP contribution in [0.5, 0.6) is 0 Å². The van der Waals surface area contributed by atoms with Gasteiger partial charge in [-0.2, -0.15) is 22.0 Å². The van der Waals surface area contributed by atoms with Crippen LogP contribution in [0.25, 0.3) is 0 Å². The maximum Gasteiger partial charge on any atom is 0.454 e. The Labute approximate surface area is 108 Å². The summed E-state index contributed by atoms with van der Waals surface area (Å²) in [6.45, 7) is 3.03. The van der Waals surface area contributed by atoms with Crippen LogP contribution >= 0.6 is 0 Å².